The van der Waals surface area contributed by atoms with E-state index in [1.165, 1.54) is 0 Å². The van der Waals surface area contributed by atoms with Gasteiger partial charge in [-0.05, 0) is 16.7 Å². The summed E-state index contributed by atoms with van der Waals surface area (Å²) in [5.74, 6) is -4.22. The number of amides is 1. The molecule has 39 heavy (non-hydrogen) atoms. The van der Waals surface area contributed by atoms with Crippen LogP contribution in [-0.4, -0.2) is 32.5 Å². The molecule has 2 N–H and O–H groups in total. The molecule has 0 spiro atoms. The molecule has 0 saturated heterocycles. The van der Waals surface area contributed by atoms with Crippen molar-refractivity contribution in [2.24, 2.45) is 5.92 Å². The topological polar surface area (TPSA) is 91.7 Å². The average molecular weight is 525 g/mol. The molecule has 0 bridgehead atoms. The van der Waals surface area contributed by atoms with Crippen molar-refractivity contribution in [3.05, 3.63) is 126 Å². The molecule has 0 saturated carbocycles. The van der Waals surface area contributed by atoms with Gasteiger partial charge in [-0.2, -0.15) is 0 Å². The van der Waals surface area contributed by atoms with Crippen molar-refractivity contribution in [2.45, 2.75) is 32.5 Å². The molecular formula is C33H34NO5+. The van der Waals surface area contributed by atoms with Crippen LogP contribution in [-0.2, 0) is 34.0 Å². The number of rotatable bonds is 14. The van der Waals surface area contributed by atoms with Crippen LogP contribution < -0.4 is 0 Å². The summed E-state index contributed by atoms with van der Waals surface area (Å²) in [7, 11) is 0. The van der Waals surface area contributed by atoms with Crippen LogP contribution in [0.2, 0.25) is 0 Å². The maximum Gasteiger partial charge on any atom is 0.315 e. The van der Waals surface area contributed by atoms with Crippen LogP contribution in [0.3, 0.4) is 0 Å². The van der Waals surface area contributed by atoms with Crippen molar-refractivity contribution in [1.29, 1.82) is 0 Å². The highest BCUT2D eigenvalue weighted by molar-refractivity contribution is 5.82. The normalized spacial score (nSPS) is 11.8. The second-order valence-corrected chi connectivity index (χ2v) is 9.69. The van der Waals surface area contributed by atoms with Gasteiger partial charge in [-0.15, -0.1) is 0 Å². The van der Waals surface area contributed by atoms with E-state index >= 15 is 0 Å². The summed E-state index contributed by atoms with van der Waals surface area (Å²) in [6, 6.07) is 23.1. The summed E-state index contributed by atoms with van der Waals surface area (Å²) < 4.78 is -0.113. The number of carboxylic acid groups (broad SMARTS) is 2. The highest BCUT2D eigenvalue weighted by atomic mass is 16.4. The third kappa shape index (κ3) is 7.97. The average Bonchev–Trinajstić information content (AvgIpc) is 2.93. The molecule has 6 heteroatoms. The van der Waals surface area contributed by atoms with Crippen LogP contribution in [0.4, 0.5) is 0 Å². The van der Waals surface area contributed by atoms with Crippen molar-refractivity contribution in [3.8, 4) is 0 Å². The molecule has 3 aromatic carbocycles. The van der Waals surface area contributed by atoms with Gasteiger partial charge in [-0.1, -0.05) is 111 Å². The summed E-state index contributed by atoms with van der Waals surface area (Å²) in [5.41, 5.74) is 5.50. The van der Waals surface area contributed by atoms with Gasteiger partial charge < -0.3 is 10.2 Å². The second kappa shape index (κ2) is 13.3. The van der Waals surface area contributed by atoms with Crippen molar-refractivity contribution >= 4 is 36.1 Å². The van der Waals surface area contributed by atoms with E-state index < -0.39 is 30.7 Å². The predicted molar refractivity (Wildman–Crippen MR) is 154 cm³/mol. The van der Waals surface area contributed by atoms with Gasteiger partial charge in [0.2, 0.25) is 0 Å². The Hall–Kier alpha value is -4.55. The fourth-order valence-corrected chi connectivity index (χ4v) is 4.62. The Labute approximate surface area is 229 Å². The molecule has 0 aliphatic carbocycles. The summed E-state index contributed by atoms with van der Waals surface area (Å²) in [4.78, 5) is 37.5. The molecule has 0 fully saturated rings. The Bertz CT molecular complexity index is 1210. The van der Waals surface area contributed by atoms with Crippen LogP contribution in [0.25, 0.3) is 18.2 Å². The lowest BCUT2D eigenvalue weighted by atomic mass is 9.97. The Morgan fingerprint density at radius 2 is 0.949 bits per heavy atom. The van der Waals surface area contributed by atoms with E-state index in [1.807, 2.05) is 72.8 Å². The Balaban J connectivity index is 2.13. The Kier molecular flexibility index (Phi) is 9.90. The third-order valence-corrected chi connectivity index (χ3v) is 6.82. The second-order valence-electron chi connectivity index (χ2n) is 9.69. The van der Waals surface area contributed by atoms with Gasteiger partial charge in [-0.25, -0.2) is 9.28 Å². The number of benzene rings is 3. The molecule has 200 valence electrons. The molecule has 1 unspecified atom stereocenters. The van der Waals surface area contributed by atoms with E-state index in [2.05, 4.69) is 19.7 Å². The smallest absolute Gasteiger partial charge is 0.315 e. The maximum atomic E-state index is 14.2. The van der Waals surface area contributed by atoms with Gasteiger partial charge in [0.25, 0.3) is 0 Å². The van der Waals surface area contributed by atoms with E-state index in [-0.39, 0.29) is 10.4 Å². The number of carboxylic acids is 2. The lowest BCUT2D eigenvalue weighted by Crippen LogP contribution is -2.51. The number of carbonyl (C=O) groups excluding carboxylic acids is 1. The molecule has 0 aliphatic rings. The number of nitrogens with zero attached hydrogens (tertiary/aromatic N) is 1. The Morgan fingerprint density at radius 1 is 0.615 bits per heavy atom. The number of aliphatic carboxylic acids is 2. The van der Waals surface area contributed by atoms with Crippen LogP contribution >= 0.6 is 0 Å². The van der Waals surface area contributed by atoms with Gasteiger partial charge in [-0.3, -0.25) is 9.59 Å². The van der Waals surface area contributed by atoms with Gasteiger partial charge >= 0.3 is 17.8 Å². The van der Waals surface area contributed by atoms with Crippen LogP contribution in [0.1, 0.15) is 46.2 Å². The largest absolute Gasteiger partial charge is 0.481 e. The fraction of sp³-hybridized carbons (Fsp3) is 0.182. The highest BCUT2D eigenvalue weighted by Gasteiger charge is 2.40. The van der Waals surface area contributed by atoms with E-state index in [4.69, 9.17) is 0 Å². The molecule has 0 aliphatic heterocycles. The van der Waals surface area contributed by atoms with Gasteiger partial charge in [0.1, 0.15) is 19.6 Å². The predicted octanol–water partition coefficient (Wildman–Crippen LogP) is 6.43. The van der Waals surface area contributed by atoms with Crippen LogP contribution in [0.15, 0.2) is 92.5 Å². The molecule has 6 nitrogen and oxygen atoms in total. The van der Waals surface area contributed by atoms with E-state index in [9.17, 15) is 24.6 Å². The lowest BCUT2D eigenvalue weighted by molar-refractivity contribution is -0.894. The SMILES string of the molecule is C=Cc1ccc(C[N+](Cc2ccc(C=C)cc2)(Cc2ccc(C=C)cc2)C(=O)CC(CC(=O)O)C(=O)O)cc1. The zero-order chi connectivity index (χ0) is 28.4. The van der Waals surface area contributed by atoms with Crippen LogP contribution in [0.5, 0.6) is 0 Å². The van der Waals surface area contributed by atoms with Crippen molar-refractivity contribution < 1.29 is 29.1 Å². The van der Waals surface area contributed by atoms with E-state index in [0.29, 0.717) is 19.6 Å². The first kappa shape index (κ1) is 29.0. The zero-order valence-corrected chi connectivity index (χ0v) is 22.0. The quantitative estimate of drug-likeness (QED) is 0.237. The number of hydrogen-bond acceptors (Lipinski definition) is 3. The monoisotopic (exact) mass is 524 g/mol. The van der Waals surface area contributed by atoms with Crippen molar-refractivity contribution in [1.82, 2.24) is 0 Å². The first-order valence-electron chi connectivity index (χ1n) is 12.7. The number of carbonyl (C=O) groups is 3. The zero-order valence-electron chi connectivity index (χ0n) is 22.0. The standard InChI is InChI=1S/C33H33NO5/c1-4-24-7-13-27(14-8-24)21-34(22-28-15-9-25(5-2)10-16-28,23-29-17-11-26(6-3)12-18-29)31(35)19-30(33(38)39)20-32(36)37/h4-18,30H,1-3,19-23H2,(H-,36,37,38,39)/p+1. The minimum Gasteiger partial charge on any atom is -0.481 e. The third-order valence-electron chi connectivity index (χ3n) is 6.82. The fourth-order valence-electron chi connectivity index (χ4n) is 4.62. The first-order chi connectivity index (χ1) is 18.7. The molecule has 0 aromatic heterocycles. The van der Waals surface area contributed by atoms with E-state index in [1.54, 1.807) is 18.2 Å². The minimum atomic E-state index is -1.33. The summed E-state index contributed by atoms with van der Waals surface area (Å²) >= 11 is 0. The molecular weight excluding hydrogens is 490 g/mol. The number of quaternary nitrogens is 1. The van der Waals surface area contributed by atoms with Crippen molar-refractivity contribution in [3.63, 3.8) is 0 Å². The molecule has 0 heterocycles. The molecule has 1 amide bonds. The van der Waals surface area contributed by atoms with Gasteiger partial charge in [0.15, 0.2) is 0 Å². The van der Waals surface area contributed by atoms with Crippen LogP contribution in [0, 0.1) is 5.92 Å². The van der Waals surface area contributed by atoms with Crippen molar-refractivity contribution in [2.75, 3.05) is 0 Å². The maximum absolute atomic E-state index is 14.2. The summed E-state index contributed by atoms with van der Waals surface area (Å²) in [6.45, 7) is 12.3. The lowest BCUT2D eigenvalue weighted by Gasteiger charge is -2.37. The Morgan fingerprint density at radius 3 is 1.21 bits per heavy atom. The summed E-state index contributed by atoms with van der Waals surface area (Å²) in [6.07, 6.45) is 4.19. The number of hydrogen-bond donors (Lipinski definition) is 2. The molecule has 3 rings (SSSR count). The van der Waals surface area contributed by atoms with Gasteiger partial charge in [0.05, 0.1) is 18.8 Å². The highest BCUT2D eigenvalue weighted by Crippen LogP contribution is 2.29. The molecule has 1 atom stereocenters. The van der Waals surface area contributed by atoms with Gasteiger partial charge in [0, 0.05) is 16.7 Å². The first-order valence-corrected chi connectivity index (χ1v) is 12.7. The molecule has 3 aromatic rings. The molecule has 0 radical (unpaired) electrons. The summed E-state index contributed by atoms with van der Waals surface area (Å²) in [5, 5.41) is 19.0. The van der Waals surface area contributed by atoms with E-state index in [0.717, 1.165) is 33.4 Å². The minimum absolute atomic E-state index is 0.113.